The van der Waals surface area contributed by atoms with E-state index in [1.807, 2.05) is 13.2 Å². The summed E-state index contributed by atoms with van der Waals surface area (Å²) in [5.74, 6) is 1.28. The lowest BCUT2D eigenvalue weighted by molar-refractivity contribution is 0.523. The molecule has 0 aromatic carbocycles. The van der Waals surface area contributed by atoms with E-state index in [0.29, 0.717) is 28.1 Å². The van der Waals surface area contributed by atoms with E-state index in [9.17, 15) is 0 Å². The Morgan fingerprint density at radius 1 is 1.36 bits per heavy atom. The van der Waals surface area contributed by atoms with Crippen LogP contribution in [0.2, 0.25) is 5.02 Å². The highest BCUT2D eigenvalue weighted by molar-refractivity contribution is 6.36. The minimum atomic E-state index is 0.364. The minimum absolute atomic E-state index is 0.364. The van der Waals surface area contributed by atoms with Crippen molar-refractivity contribution >= 4 is 40.1 Å². The topological polar surface area (TPSA) is 95.5 Å². The van der Waals surface area contributed by atoms with E-state index in [0.717, 1.165) is 30.0 Å². The first-order chi connectivity index (χ1) is 12.1. The molecule has 3 aromatic heterocycles. The second-order valence-electron chi connectivity index (χ2n) is 6.97. The first kappa shape index (κ1) is 15.0. The highest BCUT2D eigenvalue weighted by Crippen LogP contribution is 2.51. The molecular formula is C16H19ClN8. The molecule has 25 heavy (non-hydrogen) atoms. The molecule has 130 valence electrons. The van der Waals surface area contributed by atoms with Crippen molar-refractivity contribution in [1.82, 2.24) is 30.0 Å². The molecule has 2 aliphatic rings. The van der Waals surface area contributed by atoms with Gasteiger partial charge in [0.25, 0.3) is 0 Å². The average molecular weight is 359 g/mol. The molecule has 0 amide bonds. The summed E-state index contributed by atoms with van der Waals surface area (Å²) in [4.78, 5) is 12.3. The van der Waals surface area contributed by atoms with E-state index in [2.05, 4.69) is 31.0 Å². The predicted molar refractivity (Wildman–Crippen MR) is 97.3 cm³/mol. The molecule has 1 atom stereocenters. The van der Waals surface area contributed by atoms with Crippen LogP contribution in [-0.2, 0) is 7.05 Å². The number of nitrogens with one attached hydrogen (secondary N) is 4. The van der Waals surface area contributed by atoms with Gasteiger partial charge in [-0.15, -0.1) is 0 Å². The third-order valence-corrected chi connectivity index (χ3v) is 5.51. The van der Waals surface area contributed by atoms with Crippen LogP contribution in [0.5, 0.6) is 0 Å². The Morgan fingerprint density at radius 3 is 3.00 bits per heavy atom. The number of nitrogens with zero attached hydrogens (tertiary/aromatic N) is 4. The third-order valence-electron chi connectivity index (χ3n) is 5.21. The molecule has 9 heteroatoms. The Bertz CT molecular complexity index is 941. The van der Waals surface area contributed by atoms with Crippen molar-refractivity contribution in [3.8, 4) is 0 Å². The monoisotopic (exact) mass is 358 g/mol. The van der Waals surface area contributed by atoms with Crippen LogP contribution < -0.4 is 16.0 Å². The zero-order valence-electron chi connectivity index (χ0n) is 13.8. The number of anilines is 3. The maximum Gasteiger partial charge on any atom is 0.231 e. The van der Waals surface area contributed by atoms with Gasteiger partial charge in [-0.2, -0.15) is 15.1 Å². The summed E-state index contributed by atoms with van der Waals surface area (Å²) in [6, 6.07) is 0.364. The molecule has 4 N–H and O–H groups in total. The Morgan fingerprint density at radius 2 is 2.24 bits per heavy atom. The SMILES string of the molecule is Cn1cc(Nc2nc(NC3CNCC34CC4)c3c(Cl)c[nH]c3n2)cn1. The molecule has 1 aliphatic heterocycles. The van der Waals surface area contributed by atoms with Crippen molar-refractivity contribution in [3.63, 3.8) is 0 Å². The van der Waals surface area contributed by atoms with Gasteiger partial charge in [0.2, 0.25) is 5.95 Å². The number of aromatic nitrogens is 5. The van der Waals surface area contributed by atoms with Crippen molar-refractivity contribution in [2.75, 3.05) is 23.7 Å². The smallest absolute Gasteiger partial charge is 0.231 e. The molecule has 1 spiro atoms. The van der Waals surface area contributed by atoms with Crippen molar-refractivity contribution in [2.45, 2.75) is 18.9 Å². The summed E-state index contributed by atoms with van der Waals surface area (Å²) in [6.45, 7) is 2.01. The number of hydrogen-bond donors (Lipinski definition) is 4. The second-order valence-corrected chi connectivity index (χ2v) is 7.38. The zero-order chi connectivity index (χ0) is 17.0. The Labute approximate surface area is 149 Å². The average Bonchev–Trinajstić information content (AvgIpc) is 2.86. The van der Waals surface area contributed by atoms with Crippen LogP contribution >= 0.6 is 11.6 Å². The molecule has 0 bridgehead atoms. The molecule has 0 radical (unpaired) electrons. The van der Waals surface area contributed by atoms with Gasteiger partial charge in [0.1, 0.15) is 11.5 Å². The van der Waals surface area contributed by atoms with Crippen LogP contribution in [-0.4, -0.2) is 43.9 Å². The molecule has 1 saturated carbocycles. The number of fused-ring (bicyclic) bond motifs is 1. The number of H-pyrrole nitrogens is 1. The van der Waals surface area contributed by atoms with Crippen LogP contribution in [0.15, 0.2) is 18.6 Å². The van der Waals surface area contributed by atoms with Gasteiger partial charge in [-0.25, -0.2) is 0 Å². The summed E-state index contributed by atoms with van der Waals surface area (Å²) in [7, 11) is 1.87. The van der Waals surface area contributed by atoms with E-state index in [1.54, 1.807) is 17.1 Å². The number of rotatable bonds is 4. The summed E-state index contributed by atoms with van der Waals surface area (Å²) < 4.78 is 1.73. The molecule has 1 saturated heterocycles. The molecular weight excluding hydrogens is 340 g/mol. The van der Waals surface area contributed by atoms with Gasteiger partial charge in [0.15, 0.2) is 0 Å². The van der Waals surface area contributed by atoms with Crippen molar-refractivity contribution in [2.24, 2.45) is 12.5 Å². The lowest BCUT2D eigenvalue weighted by atomic mass is 10.0. The molecule has 8 nitrogen and oxygen atoms in total. The van der Waals surface area contributed by atoms with Gasteiger partial charge < -0.3 is 20.9 Å². The Hall–Kier alpha value is -2.32. The van der Waals surface area contributed by atoms with Gasteiger partial charge in [-0.1, -0.05) is 11.6 Å². The number of aromatic amines is 1. The number of hydrogen-bond acceptors (Lipinski definition) is 6. The quantitative estimate of drug-likeness (QED) is 0.571. The molecule has 4 heterocycles. The lowest BCUT2D eigenvalue weighted by Crippen LogP contribution is -2.30. The van der Waals surface area contributed by atoms with Crippen molar-refractivity contribution in [1.29, 1.82) is 0 Å². The van der Waals surface area contributed by atoms with Crippen molar-refractivity contribution < 1.29 is 0 Å². The predicted octanol–water partition coefficient (Wildman–Crippen LogP) is 2.25. The summed E-state index contributed by atoms with van der Waals surface area (Å²) in [5.41, 5.74) is 1.92. The van der Waals surface area contributed by atoms with E-state index in [-0.39, 0.29) is 0 Å². The van der Waals surface area contributed by atoms with Crippen LogP contribution in [0.1, 0.15) is 12.8 Å². The maximum atomic E-state index is 6.37. The maximum absolute atomic E-state index is 6.37. The van der Waals surface area contributed by atoms with Crippen LogP contribution in [0.4, 0.5) is 17.5 Å². The van der Waals surface area contributed by atoms with E-state index in [4.69, 9.17) is 16.6 Å². The van der Waals surface area contributed by atoms with Gasteiger partial charge in [0.05, 0.1) is 22.3 Å². The molecule has 3 aromatic rings. The van der Waals surface area contributed by atoms with Gasteiger partial charge in [-0.05, 0) is 12.8 Å². The van der Waals surface area contributed by atoms with E-state index >= 15 is 0 Å². The summed E-state index contributed by atoms with van der Waals surface area (Å²) >= 11 is 6.37. The third kappa shape index (κ3) is 2.52. The largest absolute Gasteiger partial charge is 0.365 e. The normalized spacial score (nSPS) is 21.1. The number of halogens is 1. The molecule has 2 fully saturated rings. The van der Waals surface area contributed by atoms with Crippen LogP contribution in [0.25, 0.3) is 11.0 Å². The second kappa shape index (κ2) is 5.34. The molecule has 5 rings (SSSR count). The van der Waals surface area contributed by atoms with Gasteiger partial charge in [0, 0.05) is 44.0 Å². The number of aryl methyl sites for hydroxylation is 1. The van der Waals surface area contributed by atoms with Crippen LogP contribution in [0.3, 0.4) is 0 Å². The minimum Gasteiger partial charge on any atom is -0.365 e. The van der Waals surface area contributed by atoms with Crippen LogP contribution in [0, 0.1) is 5.41 Å². The fourth-order valence-corrected chi connectivity index (χ4v) is 3.86. The van der Waals surface area contributed by atoms with Gasteiger partial charge in [-0.3, -0.25) is 4.68 Å². The fourth-order valence-electron chi connectivity index (χ4n) is 3.63. The van der Waals surface area contributed by atoms with Gasteiger partial charge >= 0.3 is 0 Å². The molecule has 1 aliphatic carbocycles. The van der Waals surface area contributed by atoms with Crippen molar-refractivity contribution in [3.05, 3.63) is 23.6 Å². The first-order valence-corrected chi connectivity index (χ1v) is 8.78. The lowest BCUT2D eigenvalue weighted by Gasteiger charge is -2.20. The Balaban J connectivity index is 1.52. The standard InChI is InChI=1S/C16H19ClN8/c1-25-7-9(4-20-25)21-15-23-13-12(10(17)5-19-13)14(24-15)22-11-6-18-8-16(11)2-3-16/h4-5,7,11,18H,2-3,6,8H2,1H3,(H3,19,21,22,23,24). The highest BCUT2D eigenvalue weighted by Gasteiger charge is 2.52. The Kier molecular flexibility index (Phi) is 3.20. The van der Waals surface area contributed by atoms with E-state index < -0.39 is 0 Å². The highest BCUT2D eigenvalue weighted by atomic mass is 35.5. The first-order valence-electron chi connectivity index (χ1n) is 8.41. The fraction of sp³-hybridized carbons (Fsp3) is 0.438. The zero-order valence-corrected chi connectivity index (χ0v) is 14.6. The molecule has 1 unspecified atom stereocenters. The van der Waals surface area contributed by atoms with E-state index in [1.165, 1.54) is 12.8 Å². The summed E-state index contributed by atoms with van der Waals surface area (Å²) in [5, 5.41) is 15.9. The summed E-state index contributed by atoms with van der Waals surface area (Å²) in [6.07, 6.45) is 7.88.